The first-order valence-electron chi connectivity index (χ1n) is 26.1. The van der Waals surface area contributed by atoms with Gasteiger partial charge in [-0.25, -0.2) is 0 Å². The predicted octanol–water partition coefficient (Wildman–Crippen LogP) is 17.7. The number of hydrogen-bond acceptors (Lipinski definition) is 5. The van der Waals surface area contributed by atoms with Crippen molar-refractivity contribution in [2.75, 3.05) is 19.8 Å². The summed E-state index contributed by atoms with van der Waals surface area (Å²) in [6.45, 7) is 7.52. The molecule has 0 saturated carbocycles. The zero-order valence-corrected chi connectivity index (χ0v) is 40.9. The zero-order valence-electron chi connectivity index (χ0n) is 40.9. The molecule has 0 radical (unpaired) electrons. The Morgan fingerprint density at radius 2 is 0.758 bits per heavy atom. The van der Waals surface area contributed by atoms with Gasteiger partial charge in [-0.1, -0.05) is 234 Å². The Morgan fingerprint density at radius 1 is 0.371 bits per heavy atom. The molecule has 0 amide bonds. The van der Waals surface area contributed by atoms with Crippen LogP contribution in [0.2, 0.25) is 0 Å². The van der Waals surface area contributed by atoms with E-state index in [2.05, 4.69) is 99.8 Å². The smallest absolute Gasteiger partial charge is 0.306 e. The molecule has 1 unspecified atom stereocenters. The number of carbonyl (C=O) groups is 2. The molecule has 0 aromatic rings. The van der Waals surface area contributed by atoms with Crippen molar-refractivity contribution < 1.29 is 23.8 Å². The van der Waals surface area contributed by atoms with Crippen LogP contribution in [-0.4, -0.2) is 37.9 Å². The van der Waals surface area contributed by atoms with Gasteiger partial charge in [0.2, 0.25) is 0 Å². The Hall–Kier alpha value is -2.92. The first-order chi connectivity index (χ1) is 30.6. The van der Waals surface area contributed by atoms with Crippen LogP contribution in [0.25, 0.3) is 0 Å². The average Bonchev–Trinajstić information content (AvgIpc) is 3.27. The van der Waals surface area contributed by atoms with E-state index in [9.17, 15) is 9.59 Å². The summed E-state index contributed by atoms with van der Waals surface area (Å²) in [6, 6.07) is 0. The number of hydrogen-bond donors (Lipinski definition) is 0. The highest BCUT2D eigenvalue weighted by molar-refractivity contribution is 5.70. The summed E-state index contributed by atoms with van der Waals surface area (Å²) in [5.41, 5.74) is 0. The van der Waals surface area contributed by atoms with E-state index in [1.807, 2.05) is 6.08 Å². The van der Waals surface area contributed by atoms with E-state index in [0.717, 1.165) is 83.5 Å². The topological polar surface area (TPSA) is 61.8 Å². The number of allylic oxidation sites excluding steroid dienone is 14. The molecule has 0 bridgehead atoms. The van der Waals surface area contributed by atoms with Gasteiger partial charge in [0.25, 0.3) is 0 Å². The summed E-state index contributed by atoms with van der Waals surface area (Å²) in [5.74, 6) is -0.507. The lowest BCUT2D eigenvalue weighted by Crippen LogP contribution is -2.30. The van der Waals surface area contributed by atoms with Crippen molar-refractivity contribution in [2.45, 2.75) is 245 Å². The lowest BCUT2D eigenvalue weighted by Gasteiger charge is -2.18. The summed E-state index contributed by atoms with van der Waals surface area (Å²) >= 11 is 0. The van der Waals surface area contributed by atoms with Crippen molar-refractivity contribution in [1.29, 1.82) is 0 Å². The van der Waals surface area contributed by atoms with Crippen LogP contribution >= 0.6 is 0 Å². The maximum absolute atomic E-state index is 12.7. The minimum Gasteiger partial charge on any atom is -0.462 e. The number of ether oxygens (including phenoxy) is 3. The summed E-state index contributed by atoms with van der Waals surface area (Å²) < 4.78 is 17.3. The normalized spacial score (nSPS) is 12.9. The van der Waals surface area contributed by atoms with Crippen LogP contribution in [0.15, 0.2) is 85.1 Å². The van der Waals surface area contributed by atoms with Crippen LogP contribution in [0.5, 0.6) is 0 Å². The lowest BCUT2D eigenvalue weighted by molar-refractivity contribution is -0.162. The van der Waals surface area contributed by atoms with E-state index in [1.54, 1.807) is 0 Å². The van der Waals surface area contributed by atoms with Crippen molar-refractivity contribution in [1.82, 2.24) is 0 Å². The number of carbonyl (C=O) groups excluding carboxylic acids is 2. The third-order valence-electron chi connectivity index (χ3n) is 10.9. The third-order valence-corrected chi connectivity index (χ3v) is 10.9. The zero-order chi connectivity index (χ0) is 44.9. The highest BCUT2D eigenvalue weighted by Gasteiger charge is 2.17. The van der Waals surface area contributed by atoms with Gasteiger partial charge in [0.05, 0.1) is 6.61 Å². The number of rotatable bonds is 47. The van der Waals surface area contributed by atoms with E-state index in [4.69, 9.17) is 14.2 Å². The Morgan fingerprint density at radius 3 is 1.23 bits per heavy atom. The first-order valence-corrected chi connectivity index (χ1v) is 26.1. The quantitative estimate of drug-likeness (QED) is 0.0346. The highest BCUT2D eigenvalue weighted by atomic mass is 16.6. The molecule has 62 heavy (non-hydrogen) atoms. The first kappa shape index (κ1) is 59.1. The second-order valence-electron chi connectivity index (χ2n) is 17.0. The molecule has 0 N–H and O–H groups in total. The molecule has 0 aliphatic heterocycles. The molecule has 0 fully saturated rings. The fourth-order valence-electron chi connectivity index (χ4n) is 7.13. The Balaban J connectivity index is 4.33. The molecule has 5 nitrogen and oxygen atoms in total. The van der Waals surface area contributed by atoms with Crippen molar-refractivity contribution in [3.63, 3.8) is 0 Å². The molecule has 0 spiro atoms. The van der Waals surface area contributed by atoms with Gasteiger partial charge in [0.1, 0.15) is 6.61 Å². The van der Waals surface area contributed by atoms with Gasteiger partial charge in [0, 0.05) is 19.4 Å². The van der Waals surface area contributed by atoms with E-state index in [1.165, 1.54) is 116 Å². The minimum atomic E-state index is -0.583. The minimum absolute atomic E-state index is 0.0463. The van der Waals surface area contributed by atoms with Crippen molar-refractivity contribution >= 4 is 11.9 Å². The fraction of sp³-hybridized carbons (Fsp3) is 0.719. The van der Waals surface area contributed by atoms with Gasteiger partial charge in [-0.05, 0) is 77.0 Å². The van der Waals surface area contributed by atoms with Crippen LogP contribution in [0.3, 0.4) is 0 Å². The summed E-state index contributed by atoms with van der Waals surface area (Å²) in [5, 5.41) is 0. The van der Waals surface area contributed by atoms with Gasteiger partial charge in [-0.2, -0.15) is 0 Å². The standard InChI is InChI=1S/C57H98O5/c1-4-7-10-13-16-19-22-25-27-28-29-31-34-37-40-43-46-49-52-60-53-55(62-57(59)51-48-45-42-39-36-32-24-21-18-15-12-9-6-3)54-61-56(58)50-47-44-41-38-35-33-30-26-23-20-17-14-11-8-5-2/h8-9,11-12,17-18,20-21,26,30,32,36,42,45,55H,4-7,10,13-16,19,22-25,27-29,31,33-35,37-41,43-44,46-54H2,1-3H3/b11-8-,12-9-,20-17-,21-18-,30-26-,36-32-,45-42-. The molecule has 5 heteroatoms. The monoisotopic (exact) mass is 863 g/mol. The molecule has 0 heterocycles. The molecule has 0 rings (SSSR count). The summed E-state index contributed by atoms with van der Waals surface area (Å²) in [6.07, 6.45) is 69.0. The van der Waals surface area contributed by atoms with Crippen LogP contribution < -0.4 is 0 Å². The Labute approximate surface area is 384 Å². The molecular weight excluding hydrogens is 765 g/mol. The second kappa shape index (κ2) is 52.4. The second-order valence-corrected chi connectivity index (χ2v) is 17.0. The number of unbranched alkanes of at least 4 members (excludes halogenated alkanes) is 22. The molecule has 1 atom stereocenters. The van der Waals surface area contributed by atoms with Crippen molar-refractivity contribution in [2.24, 2.45) is 0 Å². The van der Waals surface area contributed by atoms with Crippen LogP contribution in [-0.2, 0) is 23.8 Å². The van der Waals surface area contributed by atoms with E-state index >= 15 is 0 Å². The average molecular weight is 863 g/mol. The fourth-order valence-corrected chi connectivity index (χ4v) is 7.13. The van der Waals surface area contributed by atoms with Crippen LogP contribution in [0.1, 0.15) is 239 Å². The van der Waals surface area contributed by atoms with Crippen LogP contribution in [0, 0.1) is 0 Å². The van der Waals surface area contributed by atoms with E-state index in [-0.39, 0.29) is 25.2 Å². The SMILES string of the molecule is CC/C=C\C/C=C\C/C=C\C/C=C\CCC(=O)OC(COCCCCCCCCCCCCCCCCCCCC)COC(=O)CCCCCCC/C=C\C/C=C\C/C=C\CC. The van der Waals surface area contributed by atoms with Gasteiger partial charge in [0.15, 0.2) is 6.10 Å². The number of esters is 2. The lowest BCUT2D eigenvalue weighted by atomic mass is 10.0. The third kappa shape index (κ3) is 49.7. The summed E-state index contributed by atoms with van der Waals surface area (Å²) in [4.78, 5) is 25.3. The highest BCUT2D eigenvalue weighted by Crippen LogP contribution is 2.15. The summed E-state index contributed by atoms with van der Waals surface area (Å²) in [7, 11) is 0. The van der Waals surface area contributed by atoms with Crippen molar-refractivity contribution in [3.8, 4) is 0 Å². The maximum atomic E-state index is 12.7. The van der Waals surface area contributed by atoms with E-state index in [0.29, 0.717) is 25.9 Å². The molecule has 0 saturated heterocycles. The Kier molecular flexibility index (Phi) is 50.0. The van der Waals surface area contributed by atoms with Crippen LogP contribution in [0.4, 0.5) is 0 Å². The molecule has 0 aromatic carbocycles. The van der Waals surface area contributed by atoms with Gasteiger partial charge < -0.3 is 14.2 Å². The van der Waals surface area contributed by atoms with Crippen molar-refractivity contribution in [3.05, 3.63) is 85.1 Å². The predicted molar refractivity (Wildman–Crippen MR) is 270 cm³/mol. The largest absolute Gasteiger partial charge is 0.462 e. The molecular formula is C57H98O5. The van der Waals surface area contributed by atoms with Gasteiger partial charge in [-0.3, -0.25) is 9.59 Å². The van der Waals surface area contributed by atoms with Gasteiger partial charge >= 0.3 is 11.9 Å². The molecule has 0 aromatic heterocycles. The molecule has 0 aliphatic carbocycles. The molecule has 356 valence electrons. The Bertz CT molecular complexity index is 1160. The van der Waals surface area contributed by atoms with E-state index < -0.39 is 6.10 Å². The maximum Gasteiger partial charge on any atom is 0.306 e. The van der Waals surface area contributed by atoms with Gasteiger partial charge in [-0.15, -0.1) is 0 Å². The molecule has 0 aliphatic rings.